The summed E-state index contributed by atoms with van der Waals surface area (Å²) in [5.74, 6) is -2.05. The van der Waals surface area contributed by atoms with E-state index < -0.39 is 27.9 Å². The van der Waals surface area contributed by atoms with Crippen LogP contribution in [0.5, 0.6) is 0 Å². The molecule has 0 aromatic heterocycles. The van der Waals surface area contributed by atoms with Crippen LogP contribution in [0.1, 0.15) is 6.92 Å². The molecule has 0 aliphatic heterocycles. The number of nitrogens with one attached hydrogen (secondary N) is 1. The molecule has 1 aromatic rings. The monoisotopic (exact) mass is 325 g/mol. The number of carboxylic acid groups (broad SMARTS) is 1. The lowest BCUT2D eigenvalue weighted by molar-refractivity contribution is -0.138. The van der Waals surface area contributed by atoms with Crippen molar-refractivity contribution < 1.29 is 22.7 Å². The summed E-state index contributed by atoms with van der Waals surface area (Å²) in [4.78, 5) is 10.2. The molecular weight excluding hydrogens is 317 g/mol. The zero-order valence-corrected chi connectivity index (χ0v) is 11.0. The van der Waals surface area contributed by atoms with Gasteiger partial charge in [0.2, 0.25) is 10.0 Å². The number of aliphatic carboxylic acids is 1. The molecule has 0 fully saturated rings. The Morgan fingerprint density at radius 3 is 2.59 bits per heavy atom. The van der Waals surface area contributed by atoms with Gasteiger partial charge >= 0.3 is 5.97 Å². The predicted molar refractivity (Wildman–Crippen MR) is 61.5 cm³/mol. The third kappa shape index (κ3) is 3.48. The number of hydrogen-bond donors (Lipinski definition) is 2. The molecule has 17 heavy (non-hydrogen) atoms. The van der Waals surface area contributed by atoms with Gasteiger partial charge in [-0.3, -0.25) is 4.79 Å². The average Bonchev–Trinajstić information content (AvgIpc) is 2.21. The van der Waals surface area contributed by atoms with E-state index in [1.807, 2.05) is 4.72 Å². The molecule has 1 unspecified atom stereocenters. The Morgan fingerprint density at radius 1 is 1.53 bits per heavy atom. The van der Waals surface area contributed by atoms with Crippen LogP contribution < -0.4 is 4.72 Å². The summed E-state index contributed by atoms with van der Waals surface area (Å²) >= 11 is 2.89. The van der Waals surface area contributed by atoms with Crippen LogP contribution in [0.15, 0.2) is 27.6 Å². The van der Waals surface area contributed by atoms with E-state index in [1.165, 1.54) is 19.1 Å². The minimum Gasteiger partial charge on any atom is -0.480 e. The lowest BCUT2D eigenvalue weighted by atomic mass is 10.3. The Labute approximate surface area is 106 Å². The Morgan fingerprint density at radius 2 is 2.12 bits per heavy atom. The number of sulfonamides is 1. The van der Waals surface area contributed by atoms with Gasteiger partial charge in [0.1, 0.15) is 11.9 Å². The molecule has 1 rings (SSSR count). The first-order chi connectivity index (χ1) is 7.74. The minimum absolute atomic E-state index is 0.128. The molecule has 5 nitrogen and oxygen atoms in total. The van der Waals surface area contributed by atoms with Gasteiger partial charge in [0.05, 0.1) is 9.37 Å². The van der Waals surface area contributed by atoms with Crippen molar-refractivity contribution in [2.45, 2.75) is 17.9 Å². The molecular formula is C9H9BrFNO4S. The molecule has 0 heterocycles. The van der Waals surface area contributed by atoms with Gasteiger partial charge in [0.25, 0.3) is 0 Å². The quantitative estimate of drug-likeness (QED) is 0.875. The summed E-state index contributed by atoms with van der Waals surface area (Å²) in [5, 5.41) is 8.58. The number of rotatable bonds is 4. The zero-order chi connectivity index (χ0) is 13.2. The van der Waals surface area contributed by atoms with Crippen LogP contribution in [0, 0.1) is 5.82 Å². The van der Waals surface area contributed by atoms with Crippen molar-refractivity contribution in [3.8, 4) is 0 Å². The first-order valence-corrected chi connectivity index (χ1v) is 6.72. The van der Waals surface area contributed by atoms with Gasteiger partial charge in [-0.25, -0.2) is 12.8 Å². The maximum absolute atomic E-state index is 13.2. The van der Waals surface area contributed by atoms with E-state index in [0.29, 0.717) is 0 Å². The molecule has 0 saturated heterocycles. The fourth-order valence-electron chi connectivity index (χ4n) is 0.995. The Hall–Kier alpha value is -0.990. The molecule has 0 aliphatic carbocycles. The van der Waals surface area contributed by atoms with Crippen LogP contribution in [-0.2, 0) is 14.8 Å². The normalized spacial score (nSPS) is 13.4. The largest absolute Gasteiger partial charge is 0.480 e. The molecule has 0 saturated carbocycles. The van der Waals surface area contributed by atoms with Crippen molar-refractivity contribution in [1.29, 1.82) is 0 Å². The van der Waals surface area contributed by atoms with Gasteiger partial charge in [-0.05, 0) is 41.1 Å². The van der Waals surface area contributed by atoms with E-state index in [2.05, 4.69) is 15.9 Å². The van der Waals surface area contributed by atoms with Crippen molar-refractivity contribution >= 4 is 31.9 Å². The second-order valence-electron chi connectivity index (χ2n) is 3.26. The first kappa shape index (κ1) is 14.1. The second-order valence-corrected chi connectivity index (χ2v) is 5.83. The molecule has 94 valence electrons. The number of hydrogen-bond acceptors (Lipinski definition) is 3. The molecule has 1 aromatic carbocycles. The molecule has 0 spiro atoms. The highest BCUT2D eigenvalue weighted by molar-refractivity contribution is 9.10. The maximum Gasteiger partial charge on any atom is 0.321 e. The summed E-state index contributed by atoms with van der Waals surface area (Å²) in [6.45, 7) is 1.18. The van der Waals surface area contributed by atoms with Crippen LogP contribution in [0.3, 0.4) is 0 Å². The number of benzene rings is 1. The van der Waals surface area contributed by atoms with E-state index >= 15 is 0 Å². The van der Waals surface area contributed by atoms with Crippen LogP contribution in [0.25, 0.3) is 0 Å². The maximum atomic E-state index is 13.2. The number of carbonyl (C=O) groups is 1. The van der Waals surface area contributed by atoms with Gasteiger partial charge in [0, 0.05) is 0 Å². The van der Waals surface area contributed by atoms with Crippen molar-refractivity contribution in [3.05, 3.63) is 28.5 Å². The predicted octanol–water partition coefficient (Wildman–Crippen LogP) is 1.34. The first-order valence-electron chi connectivity index (χ1n) is 4.44. The summed E-state index contributed by atoms with van der Waals surface area (Å²) in [6.07, 6.45) is 0. The molecule has 0 amide bonds. The van der Waals surface area contributed by atoms with Crippen molar-refractivity contribution in [1.82, 2.24) is 4.72 Å². The molecule has 2 N–H and O–H groups in total. The fourth-order valence-corrected chi connectivity index (χ4v) is 2.45. The second kappa shape index (κ2) is 5.11. The zero-order valence-electron chi connectivity index (χ0n) is 8.65. The fraction of sp³-hybridized carbons (Fsp3) is 0.222. The van der Waals surface area contributed by atoms with Crippen molar-refractivity contribution in [2.24, 2.45) is 0 Å². The third-order valence-electron chi connectivity index (χ3n) is 1.90. The van der Waals surface area contributed by atoms with Crippen LogP contribution in [0.4, 0.5) is 4.39 Å². The summed E-state index contributed by atoms with van der Waals surface area (Å²) in [7, 11) is -4.04. The highest BCUT2D eigenvalue weighted by Crippen LogP contribution is 2.19. The van der Waals surface area contributed by atoms with Crippen molar-refractivity contribution in [2.75, 3.05) is 0 Å². The Bertz CT molecular complexity index is 546. The molecule has 0 radical (unpaired) electrons. The minimum atomic E-state index is -4.04. The summed E-state index contributed by atoms with van der Waals surface area (Å²) < 4.78 is 38.5. The summed E-state index contributed by atoms with van der Waals surface area (Å²) in [6, 6.07) is 1.92. The Balaban J connectivity index is 3.05. The van der Waals surface area contributed by atoms with Crippen molar-refractivity contribution in [3.63, 3.8) is 0 Å². The van der Waals surface area contributed by atoms with Crippen LogP contribution >= 0.6 is 15.9 Å². The van der Waals surface area contributed by atoms with E-state index in [0.717, 1.165) is 6.07 Å². The van der Waals surface area contributed by atoms with E-state index in [4.69, 9.17) is 5.11 Å². The number of carboxylic acids is 1. The van der Waals surface area contributed by atoms with Crippen LogP contribution in [0.2, 0.25) is 0 Å². The van der Waals surface area contributed by atoms with E-state index in [-0.39, 0.29) is 9.37 Å². The average molecular weight is 326 g/mol. The van der Waals surface area contributed by atoms with Gasteiger partial charge in [-0.2, -0.15) is 4.72 Å². The highest BCUT2D eigenvalue weighted by atomic mass is 79.9. The molecule has 0 bridgehead atoms. The molecule has 8 heteroatoms. The molecule has 1 atom stereocenters. The topological polar surface area (TPSA) is 83.5 Å². The standard InChI is InChI=1S/C9H9BrFNO4S/c1-5(9(13)14)12-17(15,16)6-2-3-7(10)8(11)4-6/h2-5,12H,1H3,(H,13,14). The van der Waals surface area contributed by atoms with Gasteiger partial charge in [0.15, 0.2) is 0 Å². The number of halogens is 2. The van der Waals surface area contributed by atoms with Crippen LogP contribution in [-0.4, -0.2) is 25.5 Å². The van der Waals surface area contributed by atoms with E-state index in [1.54, 1.807) is 0 Å². The van der Waals surface area contributed by atoms with Gasteiger partial charge < -0.3 is 5.11 Å². The lowest BCUT2D eigenvalue weighted by Gasteiger charge is -2.10. The highest BCUT2D eigenvalue weighted by Gasteiger charge is 2.22. The van der Waals surface area contributed by atoms with E-state index in [9.17, 15) is 17.6 Å². The van der Waals surface area contributed by atoms with Gasteiger partial charge in [-0.15, -0.1) is 0 Å². The third-order valence-corrected chi connectivity index (χ3v) is 4.09. The molecule has 0 aliphatic rings. The Kier molecular flexibility index (Phi) is 4.23. The summed E-state index contributed by atoms with van der Waals surface area (Å²) in [5.41, 5.74) is 0. The SMILES string of the molecule is CC(NS(=O)(=O)c1ccc(Br)c(F)c1)C(=O)O. The smallest absolute Gasteiger partial charge is 0.321 e. The van der Waals surface area contributed by atoms with Gasteiger partial charge in [-0.1, -0.05) is 0 Å². The lowest BCUT2D eigenvalue weighted by Crippen LogP contribution is -2.38.